The highest BCUT2D eigenvalue weighted by molar-refractivity contribution is 5.89. The highest BCUT2D eigenvalue weighted by Gasteiger charge is 2.07. The van der Waals surface area contributed by atoms with E-state index in [9.17, 15) is 0 Å². The SMILES string of the molecule is OCCNc1nc(NCc2ccccn2)nc2ccccc12. The molecule has 2 heterocycles. The fourth-order valence-electron chi connectivity index (χ4n) is 2.14. The Morgan fingerprint density at radius 3 is 2.64 bits per heavy atom. The van der Waals surface area contributed by atoms with Gasteiger partial charge in [-0.3, -0.25) is 4.98 Å². The van der Waals surface area contributed by atoms with Gasteiger partial charge in [-0.2, -0.15) is 4.98 Å². The molecule has 0 unspecified atom stereocenters. The maximum atomic E-state index is 8.99. The van der Waals surface area contributed by atoms with Crippen molar-refractivity contribution >= 4 is 22.7 Å². The van der Waals surface area contributed by atoms with E-state index in [0.29, 0.717) is 24.9 Å². The maximum absolute atomic E-state index is 8.99. The summed E-state index contributed by atoms with van der Waals surface area (Å²) in [5, 5.41) is 16.2. The molecule has 3 N–H and O–H groups in total. The minimum absolute atomic E-state index is 0.0506. The van der Waals surface area contributed by atoms with E-state index in [0.717, 1.165) is 16.6 Å². The first kappa shape index (κ1) is 14.2. The molecule has 0 radical (unpaired) electrons. The Bertz CT molecular complexity index is 748. The number of hydrogen-bond donors (Lipinski definition) is 3. The molecule has 0 bridgehead atoms. The van der Waals surface area contributed by atoms with Gasteiger partial charge in [0.05, 0.1) is 24.4 Å². The monoisotopic (exact) mass is 295 g/mol. The summed E-state index contributed by atoms with van der Waals surface area (Å²) in [7, 11) is 0. The van der Waals surface area contributed by atoms with E-state index < -0.39 is 0 Å². The van der Waals surface area contributed by atoms with Crippen LogP contribution < -0.4 is 10.6 Å². The van der Waals surface area contributed by atoms with Crippen molar-refractivity contribution in [2.45, 2.75) is 6.54 Å². The van der Waals surface area contributed by atoms with Gasteiger partial charge in [0.1, 0.15) is 5.82 Å². The Morgan fingerprint density at radius 2 is 1.82 bits per heavy atom. The van der Waals surface area contributed by atoms with Crippen LogP contribution in [0.25, 0.3) is 10.9 Å². The van der Waals surface area contributed by atoms with Crippen molar-refractivity contribution in [1.82, 2.24) is 15.0 Å². The lowest BCUT2D eigenvalue weighted by molar-refractivity contribution is 0.311. The van der Waals surface area contributed by atoms with Crippen molar-refractivity contribution < 1.29 is 5.11 Å². The first-order chi connectivity index (χ1) is 10.9. The molecule has 0 saturated heterocycles. The van der Waals surface area contributed by atoms with Crippen LogP contribution in [0.2, 0.25) is 0 Å². The Balaban J connectivity index is 1.86. The summed E-state index contributed by atoms with van der Waals surface area (Å²) in [6, 6.07) is 13.5. The van der Waals surface area contributed by atoms with Gasteiger partial charge in [-0.25, -0.2) is 4.98 Å². The Labute approximate surface area is 128 Å². The number of aliphatic hydroxyl groups is 1. The molecule has 0 atom stereocenters. The molecule has 0 aliphatic carbocycles. The molecule has 1 aromatic carbocycles. The number of fused-ring (bicyclic) bond motifs is 1. The largest absolute Gasteiger partial charge is 0.395 e. The van der Waals surface area contributed by atoms with Gasteiger partial charge in [0.25, 0.3) is 0 Å². The molecule has 0 spiro atoms. The molecule has 0 aliphatic heterocycles. The van der Waals surface area contributed by atoms with E-state index in [1.807, 2.05) is 42.5 Å². The first-order valence-electron chi connectivity index (χ1n) is 7.12. The van der Waals surface area contributed by atoms with Crippen LogP contribution in [-0.4, -0.2) is 33.2 Å². The number of para-hydroxylation sites is 1. The molecule has 6 nitrogen and oxygen atoms in total. The molecule has 0 aliphatic rings. The summed E-state index contributed by atoms with van der Waals surface area (Å²) in [6.07, 6.45) is 1.76. The average molecular weight is 295 g/mol. The molecule has 0 fully saturated rings. The maximum Gasteiger partial charge on any atom is 0.225 e. The van der Waals surface area contributed by atoms with Crippen molar-refractivity contribution in [3.63, 3.8) is 0 Å². The minimum Gasteiger partial charge on any atom is -0.395 e. The fourth-order valence-corrected chi connectivity index (χ4v) is 2.14. The van der Waals surface area contributed by atoms with E-state index in [-0.39, 0.29) is 6.61 Å². The van der Waals surface area contributed by atoms with E-state index in [2.05, 4.69) is 25.6 Å². The standard InChI is InChI=1S/C16H17N5O/c22-10-9-18-15-13-6-1-2-7-14(13)20-16(21-15)19-11-12-5-3-4-8-17-12/h1-8,22H,9-11H2,(H2,18,19,20,21). The molecule has 0 amide bonds. The molecule has 6 heteroatoms. The van der Waals surface area contributed by atoms with Gasteiger partial charge in [-0.1, -0.05) is 18.2 Å². The second kappa shape index (κ2) is 6.82. The van der Waals surface area contributed by atoms with Crippen LogP contribution in [0.1, 0.15) is 5.69 Å². The molecule has 3 aromatic rings. The number of aromatic nitrogens is 3. The van der Waals surface area contributed by atoms with E-state index in [1.165, 1.54) is 0 Å². The van der Waals surface area contributed by atoms with Crippen LogP contribution in [-0.2, 0) is 6.54 Å². The van der Waals surface area contributed by atoms with Crippen LogP contribution in [0.15, 0.2) is 48.7 Å². The third-order valence-electron chi connectivity index (χ3n) is 3.16. The summed E-state index contributed by atoms with van der Waals surface area (Å²) in [5.74, 6) is 1.24. The summed E-state index contributed by atoms with van der Waals surface area (Å²) in [6.45, 7) is 1.05. The zero-order valence-electron chi connectivity index (χ0n) is 12.0. The third kappa shape index (κ3) is 3.29. The number of pyridine rings is 1. The smallest absolute Gasteiger partial charge is 0.225 e. The fraction of sp³-hybridized carbons (Fsp3) is 0.188. The molecule has 0 saturated carbocycles. The molecule has 22 heavy (non-hydrogen) atoms. The van der Waals surface area contributed by atoms with Crippen molar-refractivity contribution in [2.75, 3.05) is 23.8 Å². The summed E-state index contributed by atoms with van der Waals surface area (Å²) in [5.41, 5.74) is 1.77. The minimum atomic E-state index is 0.0506. The van der Waals surface area contributed by atoms with E-state index in [4.69, 9.17) is 5.11 Å². The van der Waals surface area contributed by atoms with Gasteiger partial charge in [-0.15, -0.1) is 0 Å². The van der Waals surface area contributed by atoms with Gasteiger partial charge in [0.15, 0.2) is 0 Å². The third-order valence-corrected chi connectivity index (χ3v) is 3.16. The highest BCUT2D eigenvalue weighted by Crippen LogP contribution is 2.21. The van der Waals surface area contributed by atoms with Crippen molar-refractivity contribution in [3.8, 4) is 0 Å². The van der Waals surface area contributed by atoms with Crippen molar-refractivity contribution in [2.24, 2.45) is 0 Å². The number of nitrogens with zero attached hydrogens (tertiary/aromatic N) is 3. The number of anilines is 2. The number of aliphatic hydroxyl groups excluding tert-OH is 1. The zero-order valence-corrected chi connectivity index (χ0v) is 12.0. The Hall–Kier alpha value is -2.73. The number of nitrogens with one attached hydrogen (secondary N) is 2. The zero-order chi connectivity index (χ0) is 15.2. The van der Waals surface area contributed by atoms with Gasteiger partial charge in [-0.05, 0) is 24.3 Å². The van der Waals surface area contributed by atoms with Crippen LogP contribution >= 0.6 is 0 Å². The van der Waals surface area contributed by atoms with Gasteiger partial charge in [0.2, 0.25) is 5.95 Å². The van der Waals surface area contributed by atoms with E-state index >= 15 is 0 Å². The number of rotatable bonds is 6. The van der Waals surface area contributed by atoms with Crippen LogP contribution in [0.5, 0.6) is 0 Å². The van der Waals surface area contributed by atoms with Crippen LogP contribution in [0.3, 0.4) is 0 Å². The second-order valence-electron chi connectivity index (χ2n) is 4.74. The summed E-state index contributed by atoms with van der Waals surface area (Å²) < 4.78 is 0. The predicted octanol–water partition coefficient (Wildman–Crippen LogP) is 2.04. The quantitative estimate of drug-likeness (QED) is 0.645. The molecule has 2 aromatic heterocycles. The number of hydrogen-bond acceptors (Lipinski definition) is 6. The molecule has 3 rings (SSSR count). The van der Waals surface area contributed by atoms with Crippen molar-refractivity contribution in [1.29, 1.82) is 0 Å². The lowest BCUT2D eigenvalue weighted by Crippen LogP contribution is -2.11. The lowest BCUT2D eigenvalue weighted by atomic mass is 10.2. The normalized spacial score (nSPS) is 10.6. The predicted molar refractivity (Wildman–Crippen MR) is 86.7 cm³/mol. The summed E-state index contributed by atoms with van der Waals surface area (Å²) >= 11 is 0. The highest BCUT2D eigenvalue weighted by atomic mass is 16.3. The van der Waals surface area contributed by atoms with Gasteiger partial charge < -0.3 is 15.7 Å². The topological polar surface area (TPSA) is 83.0 Å². The molecular formula is C16H17N5O. The van der Waals surface area contributed by atoms with Gasteiger partial charge in [0, 0.05) is 18.1 Å². The molecular weight excluding hydrogens is 278 g/mol. The van der Waals surface area contributed by atoms with Gasteiger partial charge >= 0.3 is 0 Å². The van der Waals surface area contributed by atoms with Crippen LogP contribution in [0, 0.1) is 0 Å². The first-order valence-corrected chi connectivity index (χ1v) is 7.12. The van der Waals surface area contributed by atoms with E-state index in [1.54, 1.807) is 6.20 Å². The number of benzene rings is 1. The Morgan fingerprint density at radius 1 is 0.955 bits per heavy atom. The van der Waals surface area contributed by atoms with Crippen LogP contribution in [0.4, 0.5) is 11.8 Å². The Kier molecular flexibility index (Phi) is 4.41. The molecule has 112 valence electrons. The second-order valence-corrected chi connectivity index (χ2v) is 4.74. The lowest BCUT2D eigenvalue weighted by Gasteiger charge is -2.11. The summed E-state index contributed by atoms with van der Waals surface area (Å²) in [4.78, 5) is 13.2. The average Bonchev–Trinajstić information content (AvgIpc) is 2.58. The van der Waals surface area contributed by atoms with Crippen molar-refractivity contribution in [3.05, 3.63) is 54.4 Å².